The largest absolute Gasteiger partial charge is 0.490 e. The van der Waals surface area contributed by atoms with Crippen LogP contribution >= 0.6 is 34.5 Å². The van der Waals surface area contributed by atoms with E-state index in [-0.39, 0.29) is 6.04 Å². The lowest BCUT2D eigenvalue weighted by molar-refractivity contribution is 0.297. The molecule has 1 aromatic carbocycles. The highest BCUT2D eigenvalue weighted by atomic mass is 35.5. The molecule has 2 aromatic rings. The average Bonchev–Trinajstić information content (AvgIpc) is 2.68. The van der Waals surface area contributed by atoms with Crippen LogP contribution in [0.25, 0.3) is 0 Å². The van der Waals surface area contributed by atoms with Crippen molar-refractivity contribution >= 4 is 34.5 Å². The summed E-state index contributed by atoms with van der Waals surface area (Å²) in [5.74, 6) is 1.57. The molecule has 0 bridgehead atoms. The molecule has 0 aliphatic carbocycles. The van der Waals surface area contributed by atoms with Crippen LogP contribution in [-0.4, -0.2) is 20.3 Å². The smallest absolute Gasteiger partial charge is 0.161 e. The lowest BCUT2D eigenvalue weighted by Crippen LogP contribution is -2.17. The normalized spacial score (nSPS) is 15.6. The number of ether oxygens (including phenoxy) is 2. The van der Waals surface area contributed by atoms with E-state index in [0.29, 0.717) is 21.9 Å². The summed E-state index contributed by atoms with van der Waals surface area (Å²) in [5, 5.41) is 3.28. The van der Waals surface area contributed by atoms with Crippen molar-refractivity contribution < 1.29 is 9.47 Å². The maximum absolute atomic E-state index is 6.28. The minimum atomic E-state index is -0.0293. The van der Waals surface area contributed by atoms with E-state index in [9.17, 15) is 0 Å². The number of benzene rings is 1. The number of rotatable bonds is 3. The summed E-state index contributed by atoms with van der Waals surface area (Å²) in [6, 6.07) is 7.85. The summed E-state index contributed by atoms with van der Waals surface area (Å²) < 4.78 is 12.8. The maximum Gasteiger partial charge on any atom is 0.161 e. The summed E-state index contributed by atoms with van der Waals surface area (Å²) in [6.45, 7) is 1.36. The SMILES string of the molecule is CNC(c1ccc2c(c1)OCCCO2)c1cc(Cl)sc1Cl. The third-order valence-electron chi connectivity index (χ3n) is 3.39. The van der Waals surface area contributed by atoms with E-state index in [4.69, 9.17) is 32.7 Å². The summed E-state index contributed by atoms with van der Waals surface area (Å²) in [4.78, 5) is 0. The Morgan fingerprint density at radius 3 is 2.57 bits per heavy atom. The molecule has 0 fully saturated rings. The van der Waals surface area contributed by atoms with Crippen molar-refractivity contribution in [3.05, 3.63) is 44.1 Å². The quantitative estimate of drug-likeness (QED) is 0.888. The second-order valence-electron chi connectivity index (χ2n) is 4.76. The van der Waals surface area contributed by atoms with Gasteiger partial charge < -0.3 is 14.8 Å². The molecule has 1 unspecified atom stereocenters. The Morgan fingerprint density at radius 2 is 1.90 bits per heavy atom. The number of hydrogen-bond acceptors (Lipinski definition) is 4. The molecule has 0 spiro atoms. The molecule has 1 N–H and O–H groups in total. The van der Waals surface area contributed by atoms with Gasteiger partial charge in [0.15, 0.2) is 11.5 Å². The standard InChI is InChI=1S/C15H15Cl2NO2S/c1-18-14(10-8-13(16)21-15(10)17)9-3-4-11-12(7-9)20-6-2-5-19-11/h3-4,7-8,14,18H,2,5-6H2,1H3. The van der Waals surface area contributed by atoms with Crippen molar-refractivity contribution in [3.8, 4) is 11.5 Å². The van der Waals surface area contributed by atoms with E-state index in [0.717, 1.165) is 29.0 Å². The number of hydrogen-bond donors (Lipinski definition) is 1. The van der Waals surface area contributed by atoms with Gasteiger partial charge in [-0.15, -0.1) is 11.3 Å². The monoisotopic (exact) mass is 343 g/mol. The first kappa shape index (κ1) is 15.0. The Kier molecular flexibility index (Phi) is 4.60. The van der Waals surface area contributed by atoms with Crippen LogP contribution in [0.1, 0.15) is 23.6 Å². The average molecular weight is 344 g/mol. The van der Waals surface area contributed by atoms with Crippen LogP contribution in [0.3, 0.4) is 0 Å². The number of thiophene rings is 1. The van der Waals surface area contributed by atoms with Gasteiger partial charge in [-0.05, 0) is 30.8 Å². The number of nitrogens with one attached hydrogen (secondary N) is 1. The van der Waals surface area contributed by atoms with Gasteiger partial charge >= 0.3 is 0 Å². The molecular weight excluding hydrogens is 329 g/mol. The van der Waals surface area contributed by atoms with Gasteiger partial charge in [-0.2, -0.15) is 0 Å². The molecule has 1 aliphatic heterocycles. The molecular formula is C15H15Cl2NO2S. The van der Waals surface area contributed by atoms with Gasteiger partial charge in [-0.1, -0.05) is 29.3 Å². The van der Waals surface area contributed by atoms with Gasteiger partial charge in [0.05, 0.1) is 27.9 Å². The van der Waals surface area contributed by atoms with E-state index in [2.05, 4.69) is 5.32 Å². The Bertz CT molecular complexity index is 645. The van der Waals surface area contributed by atoms with Crippen LogP contribution in [0, 0.1) is 0 Å². The van der Waals surface area contributed by atoms with Crippen molar-refractivity contribution in [2.75, 3.05) is 20.3 Å². The summed E-state index contributed by atoms with van der Waals surface area (Å²) in [7, 11) is 1.90. The van der Waals surface area contributed by atoms with Gasteiger partial charge in [0.2, 0.25) is 0 Å². The maximum atomic E-state index is 6.28. The predicted octanol–water partition coefficient (Wildman–Crippen LogP) is 4.53. The van der Waals surface area contributed by atoms with Crippen molar-refractivity contribution in [1.82, 2.24) is 5.32 Å². The molecule has 112 valence electrons. The minimum absolute atomic E-state index is 0.0293. The highest BCUT2D eigenvalue weighted by molar-refractivity contribution is 7.20. The minimum Gasteiger partial charge on any atom is -0.490 e. The first-order chi connectivity index (χ1) is 10.2. The van der Waals surface area contributed by atoms with Crippen LogP contribution in [-0.2, 0) is 0 Å². The lowest BCUT2D eigenvalue weighted by Gasteiger charge is -2.18. The van der Waals surface area contributed by atoms with Gasteiger partial charge in [0.25, 0.3) is 0 Å². The van der Waals surface area contributed by atoms with E-state index in [1.807, 2.05) is 31.3 Å². The fourth-order valence-corrected chi connectivity index (χ4v) is 3.94. The summed E-state index contributed by atoms with van der Waals surface area (Å²) in [5.41, 5.74) is 2.04. The number of halogens is 2. The summed E-state index contributed by atoms with van der Waals surface area (Å²) >= 11 is 13.7. The zero-order chi connectivity index (χ0) is 14.8. The van der Waals surface area contributed by atoms with Crippen LogP contribution in [0.4, 0.5) is 0 Å². The molecule has 3 nitrogen and oxygen atoms in total. The Hall–Kier alpha value is -0.940. The Morgan fingerprint density at radius 1 is 1.14 bits per heavy atom. The molecule has 1 aliphatic rings. The van der Waals surface area contributed by atoms with E-state index in [1.165, 1.54) is 11.3 Å². The molecule has 0 saturated carbocycles. The van der Waals surface area contributed by atoms with Crippen LogP contribution in [0.15, 0.2) is 24.3 Å². The topological polar surface area (TPSA) is 30.5 Å². The molecule has 1 atom stereocenters. The molecule has 0 amide bonds. The number of fused-ring (bicyclic) bond motifs is 1. The highest BCUT2D eigenvalue weighted by Gasteiger charge is 2.20. The lowest BCUT2D eigenvalue weighted by atomic mass is 10.0. The van der Waals surface area contributed by atoms with Crippen molar-refractivity contribution in [3.63, 3.8) is 0 Å². The van der Waals surface area contributed by atoms with Gasteiger partial charge in [0.1, 0.15) is 0 Å². The van der Waals surface area contributed by atoms with Crippen molar-refractivity contribution in [2.24, 2.45) is 0 Å². The molecule has 21 heavy (non-hydrogen) atoms. The van der Waals surface area contributed by atoms with Crippen LogP contribution < -0.4 is 14.8 Å². The molecule has 1 aromatic heterocycles. The summed E-state index contributed by atoms with van der Waals surface area (Å²) in [6.07, 6.45) is 0.894. The van der Waals surface area contributed by atoms with Gasteiger partial charge in [-0.3, -0.25) is 0 Å². The van der Waals surface area contributed by atoms with E-state index < -0.39 is 0 Å². The zero-order valence-electron chi connectivity index (χ0n) is 11.5. The second-order valence-corrected chi connectivity index (χ2v) is 7.04. The Labute approximate surface area is 137 Å². The molecule has 3 rings (SSSR count). The van der Waals surface area contributed by atoms with E-state index >= 15 is 0 Å². The molecule has 2 heterocycles. The molecule has 0 saturated heterocycles. The van der Waals surface area contributed by atoms with Crippen molar-refractivity contribution in [1.29, 1.82) is 0 Å². The van der Waals surface area contributed by atoms with Crippen molar-refractivity contribution in [2.45, 2.75) is 12.5 Å². The van der Waals surface area contributed by atoms with Crippen LogP contribution in [0.2, 0.25) is 8.67 Å². The predicted molar refractivity (Wildman–Crippen MR) is 87.3 cm³/mol. The van der Waals surface area contributed by atoms with E-state index in [1.54, 1.807) is 0 Å². The van der Waals surface area contributed by atoms with Gasteiger partial charge in [0, 0.05) is 12.0 Å². The fourth-order valence-electron chi connectivity index (χ4n) is 2.41. The fraction of sp³-hybridized carbons (Fsp3) is 0.333. The second kappa shape index (κ2) is 6.44. The first-order valence-corrected chi connectivity index (χ1v) is 8.28. The van der Waals surface area contributed by atoms with Gasteiger partial charge in [-0.25, -0.2) is 0 Å². The zero-order valence-corrected chi connectivity index (χ0v) is 13.8. The third-order valence-corrected chi connectivity index (χ3v) is 4.91. The first-order valence-electron chi connectivity index (χ1n) is 6.70. The highest BCUT2D eigenvalue weighted by Crippen LogP contribution is 2.39. The van der Waals surface area contributed by atoms with Crippen LogP contribution in [0.5, 0.6) is 11.5 Å². The molecule has 0 radical (unpaired) electrons. The molecule has 6 heteroatoms. The third kappa shape index (κ3) is 3.14. The Balaban J connectivity index is 1.98.